The first-order valence-electron chi connectivity index (χ1n) is 5.78. The van der Waals surface area contributed by atoms with Crippen LogP contribution in [0.25, 0.3) is 5.57 Å². The molecule has 0 aliphatic carbocycles. The predicted molar refractivity (Wildman–Crippen MR) is 67.5 cm³/mol. The van der Waals surface area contributed by atoms with E-state index in [9.17, 15) is 4.79 Å². The summed E-state index contributed by atoms with van der Waals surface area (Å²) in [4.78, 5) is 13.3. The average molecular weight is 231 g/mol. The third-order valence-corrected chi connectivity index (χ3v) is 2.86. The van der Waals surface area contributed by atoms with Crippen LogP contribution in [0.1, 0.15) is 12.5 Å². The van der Waals surface area contributed by atoms with E-state index in [0.717, 1.165) is 24.2 Å². The van der Waals surface area contributed by atoms with Gasteiger partial charge in [-0.15, -0.1) is 0 Å². The summed E-state index contributed by atoms with van der Waals surface area (Å²) in [5.41, 5.74) is 2.24. The highest BCUT2D eigenvalue weighted by Crippen LogP contribution is 2.24. The van der Waals surface area contributed by atoms with Crippen LogP contribution < -0.4 is 0 Å². The van der Waals surface area contributed by atoms with Crippen molar-refractivity contribution in [3.8, 4) is 0 Å². The molecule has 0 N–H and O–H groups in total. The number of hydrogen-bond donors (Lipinski definition) is 0. The Morgan fingerprint density at radius 2 is 2.06 bits per heavy atom. The monoisotopic (exact) mass is 231 g/mol. The van der Waals surface area contributed by atoms with Crippen LogP contribution in [-0.4, -0.2) is 37.1 Å². The van der Waals surface area contributed by atoms with E-state index in [2.05, 4.69) is 11.0 Å². The molecular formula is C14H17NO2. The fraction of sp³-hybridized carbons (Fsp3) is 0.357. The summed E-state index contributed by atoms with van der Waals surface area (Å²) in [5.74, 6) is -0.230. The quantitative estimate of drug-likeness (QED) is 0.729. The van der Waals surface area contributed by atoms with Gasteiger partial charge in [-0.2, -0.15) is 0 Å². The molecule has 90 valence electrons. The number of ether oxygens (including phenoxy) is 1. The van der Waals surface area contributed by atoms with E-state index >= 15 is 0 Å². The lowest BCUT2D eigenvalue weighted by atomic mass is 9.97. The lowest BCUT2D eigenvalue weighted by Gasteiger charge is -2.30. The van der Waals surface area contributed by atoms with Crippen molar-refractivity contribution in [2.24, 2.45) is 0 Å². The van der Waals surface area contributed by atoms with Gasteiger partial charge in [0.25, 0.3) is 0 Å². The topological polar surface area (TPSA) is 29.5 Å². The molecule has 0 spiro atoms. The van der Waals surface area contributed by atoms with Gasteiger partial charge in [-0.3, -0.25) is 9.69 Å². The van der Waals surface area contributed by atoms with Crippen LogP contribution in [0.15, 0.2) is 36.4 Å². The fourth-order valence-corrected chi connectivity index (χ4v) is 2.08. The van der Waals surface area contributed by atoms with E-state index in [-0.39, 0.29) is 12.1 Å². The molecule has 1 atom stereocenters. The Morgan fingerprint density at radius 3 is 2.71 bits per heavy atom. The van der Waals surface area contributed by atoms with Crippen molar-refractivity contribution < 1.29 is 9.53 Å². The van der Waals surface area contributed by atoms with Crippen LogP contribution in [-0.2, 0) is 9.53 Å². The Kier molecular flexibility index (Phi) is 3.59. The summed E-state index contributed by atoms with van der Waals surface area (Å²) >= 11 is 0. The predicted octanol–water partition coefficient (Wildman–Crippen LogP) is 1.95. The molecule has 0 aromatic heterocycles. The molecule has 0 saturated heterocycles. The number of carbonyl (C=O) groups is 1. The third kappa shape index (κ3) is 2.94. The minimum absolute atomic E-state index is 0.159. The largest absolute Gasteiger partial charge is 0.456 e. The normalized spacial score (nSPS) is 20.8. The molecule has 1 aromatic carbocycles. The van der Waals surface area contributed by atoms with Crippen LogP contribution in [0, 0.1) is 0 Å². The van der Waals surface area contributed by atoms with E-state index in [1.165, 1.54) is 6.92 Å². The summed E-state index contributed by atoms with van der Waals surface area (Å²) < 4.78 is 5.38. The number of carbonyl (C=O) groups excluding carboxylic acids is 1. The Balaban J connectivity index is 2.26. The summed E-state index contributed by atoms with van der Waals surface area (Å²) in [6, 6.07) is 10.1. The Bertz CT molecular complexity index is 425. The van der Waals surface area contributed by atoms with E-state index in [1.807, 2.05) is 37.4 Å². The minimum atomic E-state index is -0.230. The summed E-state index contributed by atoms with van der Waals surface area (Å²) in [5, 5.41) is 0. The van der Waals surface area contributed by atoms with Crippen molar-refractivity contribution in [2.45, 2.75) is 13.0 Å². The maximum atomic E-state index is 11.1. The minimum Gasteiger partial charge on any atom is -0.456 e. The van der Waals surface area contributed by atoms with E-state index in [1.54, 1.807) is 0 Å². The highest BCUT2D eigenvalue weighted by molar-refractivity contribution is 5.74. The molecule has 1 heterocycles. The zero-order valence-corrected chi connectivity index (χ0v) is 10.2. The van der Waals surface area contributed by atoms with Crippen molar-refractivity contribution in [3.05, 3.63) is 42.0 Å². The maximum Gasteiger partial charge on any atom is 0.303 e. The van der Waals surface area contributed by atoms with Crippen molar-refractivity contribution in [3.63, 3.8) is 0 Å². The number of benzene rings is 1. The second-order valence-corrected chi connectivity index (χ2v) is 4.34. The second-order valence-electron chi connectivity index (χ2n) is 4.34. The van der Waals surface area contributed by atoms with E-state index in [0.29, 0.717) is 0 Å². The van der Waals surface area contributed by atoms with Crippen LogP contribution in [0.4, 0.5) is 0 Å². The van der Waals surface area contributed by atoms with Gasteiger partial charge in [0.1, 0.15) is 6.10 Å². The summed E-state index contributed by atoms with van der Waals surface area (Å²) in [6.45, 7) is 3.10. The Hall–Kier alpha value is -1.61. The molecule has 3 heteroatoms. The molecule has 0 radical (unpaired) electrons. The molecule has 0 amide bonds. The number of esters is 1. The third-order valence-electron chi connectivity index (χ3n) is 2.86. The van der Waals surface area contributed by atoms with E-state index < -0.39 is 0 Å². The van der Waals surface area contributed by atoms with Crippen LogP contribution in [0.5, 0.6) is 0 Å². The van der Waals surface area contributed by atoms with Crippen LogP contribution in [0.3, 0.4) is 0 Å². The highest BCUT2D eigenvalue weighted by atomic mass is 16.5. The van der Waals surface area contributed by atoms with Crippen molar-refractivity contribution in [2.75, 3.05) is 20.1 Å². The molecule has 1 aliphatic rings. The van der Waals surface area contributed by atoms with E-state index in [4.69, 9.17) is 4.74 Å². The van der Waals surface area contributed by atoms with Gasteiger partial charge in [0.05, 0.1) is 0 Å². The average Bonchev–Trinajstić information content (AvgIpc) is 2.29. The zero-order chi connectivity index (χ0) is 12.3. The molecule has 1 aromatic rings. The molecule has 1 aliphatic heterocycles. The summed E-state index contributed by atoms with van der Waals surface area (Å²) in [6.07, 6.45) is 1.97. The van der Waals surface area contributed by atoms with Crippen LogP contribution >= 0.6 is 0 Å². The maximum absolute atomic E-state index is 11.1. The van der Waals surface area contributed by atoms with Crippen molar-refractivity contribution in [1.29, 1.82) is 0 Å². The Morgan fingerprint density at radius 1 is 1.35 bits per heavy atom. The van der Waals surface area contributed by atoms with Gasteiger partial charge >= 0.3 is 5.97 Å². The molecule has 1 unspecified atom stereocenters. The zero-order valence-electron chi connectivity index (χ0n) is 10.2. The second kappa shape index (κ2) is 5.15. The lowest BCUT2D eigenvalue weighted by Crippen LogP contribution is -2.37. The molecule has 0 fully saturated rings. The highest BCUT2D eigenvalue weighted by Gasteiger charge is 2.24. The molecule has 17 heavy (non-hydrogen) atoms. The molecule has 3 nitrogen and oxygen atoms in total. The smallest absolute Gasteiger partial charge is 0.303 e. The number of likely N-dealkylation sites (N-methyl/N-ethyl adjacent to an activating group) is 1. The molecule has 0 saturated carbocycles. The molecule has 0 bridgehead atoms. The fourth-order valence-electron chi connectivity index (χ4n) is 2.08. The van der Waals surface area contributed by atoms with Gasteiger partial charge in [-0.25, -0.2) is 0 Å². The molecular weight excluding hydrogens is 214 g/mol. The molecule has 2 rings (SSSR count). The number of hydrogen-bond acceptors (Lipinski definition) is 3. The first-order chi connectivity index (χ1) is 8.16. The van der Waals surface area contributed by atoms with Crippen molar-refractivity contribution in [1.82, 2.24) is 4.90 Å². The number of nitrogens with zero attached hydrogens (tertiary/aromatic N) is 1. The Labute approximate surface area is 102 Å². The van der Waals surface area contributed by atoms with Gasteiger partial charge in [0, 0.05) is 20.0 Å². The first kappa shape index (κ1) is 11.9. The van der Waals surface area contributed by atoms with Crippen LogP contribution in [0.2, 0.25) is 0 Å². The van der Waals surface area contributed by atoms with Gasteiger partial charge in [0.2, 0.25) is 0 Å². The first-order valence-corrected chi connectivity index (χ1v) is 5.78. The lowest BCUT2D eigenvalue weighted by molar-refractivity contribution is -0.144. The van der Waals surface area contributed by atoms with Crippen molar-refractivity contribution >= 4 is 11.5 Å². The van der Waals surface area contributed by atoms with Gasteiger partial charge in [-0.1, -0.05) is 36.4 Å². The number of rotatable bonds is 2. The van der Waals surface area contributed by atoms with Gasteiger partial charge in [0.15, 0.2) is 0 Å². The summed E-state index contributed by atoms with van der Waals surface area (Å²) in [7, 11) is 2.02. The van der Waals surface area contributed by atoms with Gasteiger partial charge < -0.3 is 4.74 Å². The van der Waals surface area contributed by atoms with Gasteiger partial charge in [-0.05, 0) is 18.2 Å². The standard InChI is InChI=1S/C14H17NO2/c1-11(16)17-14-10-15(2)9-8-13(14)12-6-4-3-5-7-12/h3-8,14H,9-10H2,1-2H3. The SMILES string of the molecule is CC(=O)OC1CN(C)CC=C1c1ccccc1.